The van der Waals surface area contributed by atoms with Gasteiger partial charge in [0.25, 0.3) is 5.56 Å². The van der Waals surface area contributed by atoms with Gasteiger partial charge in [0, 0.05) is 0 Å². The lowest BCUT2D eigenvalue weighted by Crippen LogP contribution is -2.36. The average molecular weight is 370 g/mol. The van der Waals surface area contributed by atoms with Crippen molar-refractivity contribution in [1.29, 1.82) is 0 Å². The van der Waals surface area contributed by atoms with E-state index in [-0.39, 0.29) is 29.8 Å². The van der Waals surface area contributed by atoms with Gasteiger partial charge in [0.1, 0.15) is 18.3 Å². The number of aliphatic hydroxyl groups is 3. The molecule has 26 heavy (non-hydrogen) atoms. The molecule has 3 unspecified atom stereocenters. The van der Waals surface area contributed by atoms with E-state index in [1.807, 2.05) is 0 Å². The number of nitrogens with two attached hydrogens (primary N) is 2. The van der Waals surface area contributed by atoms with Crippen molar-refractivity contribution < 1.29 is 24.8 Å². The molecule has 0 aromatic carbocycles. The second-order valence-corrected chi connectivity index (χ2v) is 6.26. The van der Waals surface area contributed by atoms with E-state index in [0.29, 0.717) is 11.3 Å². The van der Waals surface area contributed by atoms with Gasteiger partial charge in [-0.2, -0.15) is 9.66 Å². The highest BCUT2D eigenvalue weighted by Gasteiger charge is 2.45. The van der Waals surface area contributed by atoms with Crippen molar-refractivity contribution in [2.24, 2.45) is 0 Å². The summed E-state index contributed by atoms with van der Waals surface area (Å²) < 4.78 is 13.2. The predicted octanol–water partition coefficient (Wildman–Crippen LogP) is -4.33. The Bertz CT molecular complexity index is 976. The lowest BCUT2D eigenvalue weighted by atomic mass is 10.1. The average Bonchev–Trinajstić information content (AvgIpc) is 3.34. The summed E-state index contributed by atoms with van der Waals surface area (Å²) in [5.41, 5.74) is 3.90. The first kappa shape index (κ1) is 17.0. The number of anilines is 1. The molecular weight excluding hydrogens is 352 g/mol. The Morgan fingerprint density at radius 1 is 1.27 bits per heavy atom. The zero-order valence-electron chi connectivity index (χ0n) is 13.4. The highest BCUT2D eigenvalue weighted by atomic mass is 16.6. The van der Waals surface area contributed by atoms with Gasteiger partial charge in [0.05, 0.1) is 25.9 Å². The molecule has 7 N–H and O–H groups in total. The fraction of sp³-hybridized carbons (Fsp3) is 0.615. The number of aliphatic hydroxyl groups excluding tert-OH is 3. The van der Waals surface area contributed by atoms with E-state index < -0.39 is 42.4 Å². The minimum absolute atomic E-state index is 0.0813. The molecule has 2 aliphatic rings. The summed E-state index contributed by atoms with van der Waals surface area (Å²) in [7, 11) is 0. The van der Waals surface area contributed by atoms with Gasteiger partial charge in [0.2, 0.25) is 5.95 Å². The molecule has 4 heterocycles. The molecule has 0 bridgehead atoms. The second-order valence-electron chi connectivity index (χ2n) is 6.26. The first-order chi connectivity index (χ1) is 12.3. The Morgan fingerprint density at radius 2 is 1.96 bits per heavy atom. The second kappa shape index (κ2) is 5.78. The number of imidazole rings is 1. The van der Waals surface area contributed by atoms with Crippen molar-refractivity contribution in [2.45, 2.75) is 37.2 Å². The van der Waals surface area contributed by atoms with Crippen LogP contribution < -0.4 is 22.8 Å². The van der Waals surface area contributed by atoms with Crippen LogP contribution >= 0.6 is 0 Å². The molecule has 0 radical (unpaired) electrons. The summed E-state index contributed by atoms with van der Waals surface area (Å²) in [5.74, 6) is 5.23. The monoisotopic (exact) mass is 370 g/mol. The fourth-order valence-electron chi connectivity index (χ4n) is 3.12. The Hall–Kier alpha value is -2.45. The number of epoxide rings is 1. The minimum atomic E-state index is -1.52. The first-order valence-electron chi connectivity index (χ1n) is 7.87. The maximum Gasteiger partial charge on any atom is 0.332 e. The van der Waals surface area contributed by atoms with Crippen LogP contribution in [0.2, 0.25) is 0 Å². The van der Waals surface area contributed by atoms with Gasteiger partial charge in [0.15, 0.2) is 17.4 Å². The quantitative estimate of drug-likeness (QED) is 0.259. The van der Waals surface area contributed by atoms with Crippen molar-refractivity contribution in [2.75, 3.05) is 24.8 Å². The fourth-order valence-corrected chi connectivity index (χ4v) is 3.12. The Kier molecular flexibility index (Phi) is 3.78. The Morgan fingerprint density at radius 3 is 2.54 bits per heavy atom. The van der Waals surface area contributed by atoms with Crippen LogP contribution in [0.25, 0.3) is 11.2 Å². The third-order valence-corrected chi connectivity index (χ3v) is 4.60. The summed E-state index contributed by atoms with van der Waals surface area (Å²) in [4.78, 5) is 29.4. The Balaban J connectivity index is 1.96. The number of aromatic nitrogens is 4. The van der Waals surface area contributed by atoms with Gasteiger partial charge in [-0.25, -0.2) is 9.36 Å². The summed E-state index contributed by atoms with van der Waals surface area (Å²) in [6.07, 6.45) is -5.64. The maximum absolute atomic E-state index is 12.9. The van der Waals surface area contributed by atoms with Gasteiger partial charge in [-0.1, -0.05) is 0 Å². The molecule has 0 amide bonds. The number of nitrogen functional groups attached to an aromatic ring is 2. The zero-order chi connectivity index (χ0) is 18.7. The smallest absolute Gasteiger partial charge is 0.332 e. The van der Waals surface area contributed by atoms with Crippen LogP contribution in [-0.2, 0) is 16.0 Å². The molecule has 2 saturated heterocycles. The maximum atomic E-state index is 12.9. The van der Waals surface area contributed by atoms with Crippen LogP contribution in [0.15, 0.2) is 9.59 Å². The Labute approximate surface area is 144 Å². The molecule has 0 spiro atoms. The number of ether oxygens (including phenoxy) is 2. The molecule has 2 aliphatic heterocycles. The molecule has 142 valence electrons. The van der Waals surface area contributed by atoms with Crippen molar-refractivity contribution in [3.05, 3.63) is 20.8 Å². The summed E-state index contributed by atoms with van der Waals surface area (Å²) in [6.45, 7) is -0.0483. The minimum Gasteiger partial charge on any atom is -0.394 e. The van der Waals surface area contributed by atoms with Crippen molar-refractivity contribution in [3.63, 3.8) is 0 Å². The lowest BCUT2D eigenvalue weighted by Gasteiger charge is -2.15. The third kappa shape index (κ3) is 2.33. The zero-order valence-corrected chi connectivity index (χ0v) is 13.4. The first-order valence-corrected chi connectivity index (χ1v) is 7.87. The number of rotatable bonds is 4. The molecule has 0 saturated carbocycles. The summed E-state index contributed by atoms with van der Waals surface area (Å²) in [5, 5.41) is 29.5. The molecule has 13 nitrogen and oxygen atoms in total. The topological polar surface area (TPSA) is 196 Å². The van der Waals surface area contributed by atoms with E-state index in [9.17, 15) is 24.9 Å². The van der Waals surface area contributed by atoms with Crippen molar-refractivity contribution in [1.82, 2.24) is 18.8 Å². The molecular formula is C13H18N6O7. The predicted molar refractivity (Wildman–Crippen MR) is 85.6 cm³/mol. The molecule has 13 heteroatoms. The number of hydrogen-bond acceptors (Lipinski definition) is 10. The largest absolute Gasteiger partial charge is 0.394 e. The SMILES string of the molecule is Nc1nc2c(c(=O)n1N)n(CC1CO1)c(=O)n2[C@@H]1O[C@H](CO)C(O)C1O. The van der Waals surface area contributed by atoms with Crippen LogP contribution in [0.5, 0.6) is 0 Å². The lowest BCUT2D eigenvalue weighted by molar-refractivity contribution is -0.0528. The van der Waals surface area contributed by atoms with Gasteiger partial charge in [-0.05, 0) is 0 Å². The number of hydrogen-bond donors (Lipinski definition) is 5. The van der Waals surface area contributed by atoms with Crippen LogP contribution in [0.4, 0.5) is 5.95 Å². The van der Waals surface area contributed by atoms with E-state index in [0.717, 1.165) is 9.13 Å². The molecule has 4 rings (SSSR count). The van der Waals surface area contributed by atoms with Crippen LogP contribution in [-0.4, -0.2) is 71.7 Å². The third-order valence-electron chi connectivity index (χ3n) is 4.60. The number of nitrogens with zero attached hydrogens (tertiary/aromatic N) is 4. The summed E-state index contributed by atoms with van der Waals surface area (Å²) in [6, 6.07) is 0. The van der Waals surface area contributed by atoms with E-state index in [1.54, 1.807) is 0 Å². The highest BCUT2D eigenvalue weighted by molar-refractivity contribution is 5.72. The van der Waals surface area contributed by atoms with Crippen LogP contribution in [0, 0.1) is 0 Å². The highest BCUT2D eigenvalue weighted by Crippen LogP contribution is 2.30. The van der Waals surface area contributed by atoms with Gasteiger partial charge in [-0.3, -0.25) is 9.36 Å². The molecule has 2 aromatic rings. The summed E-state index contributed by atoms with van der Waals surface area (Å²) >= 11 is 0. The van der Waals surface area contributed by atoms with Crippen LogP contribution in [0.1, 0.15) is 6.23 Å². The van der Waals surface area contributed by atoms with E-state index in [4.69, 9.17) is 21.1 Å². The molecule has 2 aromatic heterocycles. The standard InChI is InChI=1S/C13H18N6O7/c14-12-16-9-6(10(23)19(12)15)17(1-4-3-25-4)13(24)18(9)11-8(22)7(21)5(2-20)26-11/h4-5,7-8,11,20-22H,1-3,15H2,(H2,14,16)/t4?,5-,7?,8?,11-/m1/s1. The number of fused-ring (bicyclic) bond motifs is 1. The van der Waals surface area contributed by atoms with E-state index in [1.165, 1.54) is 0 Å². The van der Waals surface area contributed by atoms with Crippen molar-refractivity contribution >= 4 is 17.1 Å². The van der Waals surface area contributed by atoms with Gasteiger partial charge >= 0.3 is 5.69 Å². The van der Waals surface area contributed by atoms with Crippen LogP contribution in [0.3, 0.4) is 0 Å². The van der Waals surface area contributed by atoms with E-state index >= 15 is 0 Å². The molecule has 0 aliphatic carbocycles. The van der Waals surface area contributed by atoms with E-state index in [2.05, 4.69) is 4.98 Å². The molecule has 2 fully saturated rings. The normalized spacial score (nSPS) is 31.0. The van der Waals surface area contributed by atoms with Gasteiger partial charge < -0.3 is 36.4 Å². The van der Waals surface area contributed by atoms with Gasteiger partial charge in [-0.15, -0.1) is 0 Å². The molecule has 5 atom stereocenters. The van der Waals surface area contributed by atoms with Crippen molar-refractivity contribution in [3.8, 4) is 0 Å².